The predicted molar refractivity (Wildman–Crippen MR) is 107 cm³/mol. The molecule has 10 heteroatoms. The standard InChI is InChI=1S/C20H24F2N6O2/c21-20(22)8-11-28(12-20)19-25-10-7-16(27-19)26-13-3-5-14(6-4-13)30-18-15(17(23)29)2-1-9-24-18/h1-2,7,9-10,13-14H,3-6,8,11-12H2,(H2,23,29)(H,25,26,27). The number of rotatable bonds is 6. The lowest BCUT2D eigenvalue weighted by Gasteiger charge is -2.30. The fraction of sp³-hybridized carbons (Fsp3) is 0.500. The second-order valence-electron chi connectivity index (χ2n) is 7.73. The molecule has 2 aromatic heterocycles. The van der Waals surface area contributed by atoms with Crippen LogP contribution in [-0.2, 0) is 0 Å². The number of amides is 1. The maximum Gasteiger partial charge on any atom is 0.267 e. The second-order valence-corrected chi connectivity index (χ2v) is 7.73. The maximum atomic E-state index is 13.5. The van der Waals surface area contributed by atoms with Crippen molar-refractivity contribution < 1.29 is 18.3 Å². The normalized spacial score (nSPS) is 23.2. The Balaban J connectivity index is 1.31. The monoisotopic (exact) mass is 418 g/mol. The summed E-state index contributed by atoms with van der Waals surface area (Å²) in [5.41, 5.74) is 5.65. The first-order valence-corrected chi connectivity index (χ1v) is 10.0. The Hall–Kier alpha value is -3.04. The molecule has 0 spiro atoms. The molecule has 3 N–H and O–H groups in total. The molecule has 160 valence electrons. The van der Waals surface area contributed by atoms with E-state index in [-0.39, 0.29) is 43.1 Å². The molecule has 30 heavy (non-hydrogen) atoms. The van der Waals surface area contributed by atoms with Crippen molar-refractivity contribution >= 4 is 17.7 Å². The highest BCUT2D eigenvalue weighted by molar-refractivity contribution is 5.94. The molecule has 1 aliphatic heterocycles. The highest BCUT2D eigenvalue weighted by Crippen LogP contribution is 2.30. The molecule has 1 aliphatic carbocycles. The van der Waals surface area contributed by atoms with E-state index in [1.807, 2.05) is 0 Å². The number of aromatic nitrogens is 3. The number of carbonyl (C=O) groups excluding carboxylic acids is 1. The molecule has 2 aliphatic rings. The first-order valence-electron chi connectivity index (χ1n) is 10.0. The number of halogens is 2. The fourth-order valence-electron chi connectivity index (χ4n) is 3.85. The van der Waals surface area contributed by atoms with Gasteiger partial charge in [-0.3, -0.25) is 4.79 Å². The molecule has 1 saturated heterocycles. The van der Waals surface area contributed by atoms with Crippen LogP contribution in [0, 0.1) is 0 Å². The van der Waals surface area contributed by atoms with Gasteiger partial charge in [0.05, 0.1) is 6.54 Å². The van der Waals surface area contributed by atoms with Crippen LogP contribution in [-0.4, -0.2) is 52.0 Å². The van der Waals surface area contributed by atoms with Gasteiger partial charge < -0.3 is 20.7 Å². The van der Waals surface area contributed by atoms with Crippen molar-refractivity contribution in [3.05, 3.63) is 36.2 Å². The number of hydrogen-bond donors (Lipinski definition) is 2. The molecule has 0 radical (unpaired) electrons. The number of alkyl halides is 2. The summed E-state index contributed by atoms with van der Waals surface area (Å²) in [7, 11) is 0. The van der Waals surface area contributed by atoms with Crippen molar-refractivity contribution in [1.29, 1.82) is 0 Å². The maximum absolute atomic E-state index is 13.5. The van der Waals surface area contributed by atoms with E-state index in [0.29, 0.717) is 11.8 Å². The highest BCUT2D eigenvalue weighted by Gasteiger charge is 2.39. The average molecular weight is 418 g/mol. The lowest BCUT2D eigenvalue weighted by atomic mass is 9.93. The van der Waals surface area contributed by atoms with Gasteiger partial charge in [-0.1, -0.05) is 0 Å². The highest BCUT2D eigenvalue weighted by atomic mass is 19.3. The summed E-state index contributed by atoms with van der Waals surface area (Å²) in [6.07, 6.45) is 6.16. The minimum Gasteiger partial charge on any atom is -0.474 e. The number of nitrogens with zero attached hydrogens (tertiary/aromatic N) is 4. The van der Waals surface area contributed by atoms with Crippen molar-refractivity contribution in [3.8, 4) is 5.88 Å². The Kier molecular flexibility index (Phi) is 5.65. The third-order valence-corrected chi connectivity index (χ3v) is 5.44. The number of primary amides is 1. The quantitative estimate of drug-likeness (QED) is 0.743. The zero-order valence-electron chi connectivity index (χ0n) is 16.4. The van der Waals surface area contributed by atoms with E-state index in [1.54, 1.807) is 30.6 Å². The van der Waals surface area contributed by atoms with Crippen LogP contribution in [0.5, 0.6) is 5.88 Å². The van der Waals surface area contributed by atoms with Crippen molar-refractivity contribution in [3.63, 3.8) is 0 Å². The molecule has 0 bridgehead atoms. The summed E-state index contributed by atoms with van der Waals surface area (Å²) in [5, 5.41) is 3.37. The van der Waals surface area contributed by atoms with Crippen molar-refractivity contribution in [2.45, 2.75) is 50.2 Å². The largest absolute Gasteiger partial charge is 0.474 e. The Bertz CT molecular complexity index is 904. The van der Waals surface area contributed by atoms with Crippen LogP contribution in [0.25, 0.3) is 0 Å². The summed E-state index contributed by atoms with van der Waals surface area (Å²) >= 11 is 0. The fourth-order valence-corrected chi connectivity index (χ4v) is 3.85. The topological polar surface area (TPSA) is 106 Å². The lowest BCUT2D eigenvalue weighted by Crippen LogP contribution is -2.32. The first-order chi connectivity index (χ1) is 14.4. The van der Waals surface area contributed by atoms with Gasteiger partial charge in [-0.2, -0.15) is 4.98 Å². The second kappa shape index (κ2) is 8.37. The van der Waals surface area contributed by atoms with E-state index in [4.69, 9.17) is 10.5 Å². The van der Waals surface area contributed by atoms with Crippen molar-refractivity contribution in [2.24, 2.45) is 5.73 Å². The van der Waals surface area contributed by atoms with Gasteiger partial charge in [-0.05, 0) is 43.9 Å². The minimum atomic E-state index is -2.69. The molecule has 0 atom stereocenters. The molecule has 1 amide bonds. The third kappa shape index (κ3) is 4.74. The summed E-state index contributed by atoms with van der Waals surface area (Å²) in [6, 6.07) is 5.17. The average Bonchev–Trinajstić information content (AvgIpc) is 3.10. The Morgan fingerprint density at radius 1 is 1.20 bits per heavy atom. The van der Waals surface area contributed by atoms with E-state index < -0.39 is 11.8 Å². The minimum absolute atomic E-state index is 0.0520. The van der Waals surface area contributed by atoms with Gasteiger partial charge in [-0.15, -0.1) is 0 Å². The number of pyridine rings is 1. The van der Waals surface area contributed by atoms with Gasteiger partial charge in [-0.25, -0.2) is 18.7 Å². The molecule has 2 fully saturated rings. The predicted octanol–water partition coefficient (Wildman–Crippen LogP) is 2.62. The van der Waals surface area contributed by atoms with Gasteiger partial charge in [0.1, 0.15) is 17.5 Å². The molecule has 2 aromatic rings. The van der Waals surface area contributed by atoms with E-state index in [2.05, 4.69) is 20.3 Å². The van der Waals surface area contributed by atoms with E-state index in [0.717, 1.165) is 25.7 Å². The number of hydrogen-bond acceptors (Lipinski definition) is 7. The van der Waals surface area contributed by atoms with Crippen LogP contribution in [0.4, 0.5) is 20.5 Å². The van der Waals surface area contributed by atoms with Crippen molar-refractivity contribution in [1.82, 2.24) is 15.0 Å². The zero-order valence-corrected chi connectivity index (χ0v) is 16.4. The molecule has 8 nitrogen and oxygen atoms in total. The van der Waals surface area contributed by atoms with Gasteiger partial charge >= 0.3 is 0 Å². The van der Waals surface area contributed by atoms with Crippen molar-refractivity contribution in [2.75, 3.05) is 23.3 Å². The van der Waals surface area contributed by atoms with Crippen LogP contribution >= 0.6 is 0 Å². The zero-order chi connectivity index (χ0) is 21.1. The SMILES string of the molecule is NC(=O)c1cccnc1OC1CCC(Nc2ccnc(N3CCC(F)(F)C3)n2)CC1. The van der Waals surface area contributed by atoms with Gasteiger partial charge in [0.15, 0.2) is 0 Å². The summed E-state index contributed by atoms with van der Waals surface area (Å²) in [6.45, 7) is -0.0978. The number of nitrogens with two attached hydrogens (primary N) is 1. The summed E-state index contributed by atoms with van der Waals surface area (Å²) < 4.78 is 32.8. The van der Waals surface area contributed by atoms with Gasteiger partial charge in [0, 0.05) is 31.4 Å². The Morgan fingerprint density at radius 3 is 2.70 bits per heavy atom. The van der Waals surface area contributed by atoms with E-state index in [9.17, 15) is 13.6 Å². The Morgan fingerprint density at radius 2 is 2.00 bits per heavy atom. The van der Waals surface area contributed by atoms with Crippen LogP contribution < -0.4 is 20.7 Å². The first kappa shape index (κ1) is 20.2. The molecule has 1 saturated carbocycles. The molecule has 0 unspecified atom stereocenters. The number of carbonyl (C=O) groups is 1. The number of anilines is 2. The van der Waals surface area contributed by atoms with Crippen LogP contribution in [0.3, 0.4) is 0 Å². The van der Waals surface area contributed by atoms with Gasteiger partial charge in [0.2, 0.25) is 11.8 Å². The third-order valence-electron chi connectivity index (χ3n) is 5.44. The summed E-state index contributed by atoms with van der Waals surface area (Å²) in [4.78, 5) is 25.7. The van der Waals surface area contributed by atoms with E-state index in [1.165, 1.54) is 4.90 Å². The van der Waals surface area contributed by atoms with E-state index >= 15 is 0 Å². The molecule has 3 heterocycles. The summed E-state index contributed by atoms with van der Waals surface area (Å²) in [5.74, 6) is -2.04. The lowest BCUT2D eigenvalue weighted by molar-refractivity contribution is 0.0256. The molecular weight excluding hydrogens is 394 g/mol. The van der Waals surface area contributed by atoms with Crippen LogP contribution in [0.1, 0.15) is 42.5 Å². The van der Waals surface area contributed by atoms with Crippen LogP contribution in [0.2, 0.25) is 0 Å². The Labute approximate surface area is 172 Å². The molecule has 0 aromatic carbocycles. The van der Waals surface area contributed by atoms with Gasteiger partial charge in [0.25, 0.3) is 11.8 Å². The number of ether oxygens (including phenoxy) is 1. The number of nitrogens with one attached hydrogen (secondary N) is 1. The molecule has 4 rings (SSSR count). The molecular formula is C20H24F2N6O2. The van der Waals surface area contributed by atoms with Crippen LogP contribution in [0.15, 0.2) is 30.6 Å². The smallest absolute Gasteiger partial charge is 0.267 e.